The second-order valence-corrected chi connectivity index (χ2v) is 6.59. The number of ether oxygens (including phenoxy) is 2. The summed E-state index contributed by atoms with van der Waals surface area (Å²) in [5, 5.41) is 6.81. The molecule has 8 nitrogen and oxygen atoms in total. The van der Waals surface area contributed by atoms with E-state index in [0.717, 1.165) is 29.8 Å². The number of rotatable bonds is 4. The number of aromatic nitrogens is 2. The maximum absolute atomic E-state index is 12.6. The van der Waals surface area contributed by atoms with Gasteiger partial charge in [-0.3, -0.25) is 14.7 Å². The molecule has 0 radical (unpaired) electrons. The molecule has 0 atom stereocenters. The molecule has 3 N–H and O–H groups in total. The summed E-state index contributed by atoms with van der Waals surface area (Å²) in [6.45, 7) is 1.59. The maximum Gasteiger partial charge on any atom is 0.269 e. The summed E-state index contributed by atoms with van der Waals surface area (Å²) in [4.78, 5) is 25.6. The van der Waals surface area contributed by atoms with E-state index < -0.39 is 5.91 Å². The zero-order chi connectivity index (χ0) is 18.1. The summed E-state index contributed by atoms with van der Waals surface area (Å²) in [5.41, 5.74) is 7.31. The van der Waals surface area contributed by atoms with Crippen molar-refractivity contribution in [3.63, 3.8) is 0 Å². The first-order valence-electron chi connectivity index (χ1n) is 8.61. The Balaban J connectivity index is 1.33. The van der Waals surface area contributed by atoms with Gasteiger partial charge in [0.15, 0.2) is 11.5 Å². The summed E-state index contributed by atoms with van der Waals surface area (Å²) >= 11 is 0. The van der Waals surface area contributed by atoms with Crippen molar-refractivity contribution < 1.29 is 19.1 Å². The van der Waals surface area contributed by atoms with Gasteiger partial charge in [-0.05, 0) is 36.6 Å². The summed E-state index contributed by atoms with van der Waals surface area (Å²) in [6.07, 6.45) is 2.00. The van der Waals surface area contributed by atoms with E-state index in [-0.39, 0.29) is 24.3 Å². The lowest BCUT2D eigenvalue weighted by atomic mass is 9.93. The van der Waals surface area contributed by atoms with E-state index in [1.54, 1.807) is 6.07 Å². The van der Waals surface area contributed by atoms with Gasteiger partial charge in [0.05, 0.1) is 6.42 Å². The first-order valence-corrected chi connectivity index (χ1v) is 8.61. The maximum atomic E-state index is 12.6. The largest absolute Gasteiger partial charge is 0.454 e. The summed E-state index contributed by atoms with van der Waals surface area (Å²) in [6, 6.07) is 7.31. The lowest BCUT2D eigenvalue weighted by Gasteiger charge is -2.31. The highest BCUT2D eigenvalue weighted by atomic mass is 16.7. The van der Waals surface area contributed by atoms with Crippen molar-refractivity contribution in [2.24, 2.45) is 5.73 Å². The van der Waals surface area contributed by atoms with Gasteiger partial charge in [-0.2, -0.15) is 5.10 Å². The molecule has 0 saturated carbocycles. The highest BCUT2D eigenvalue weighted by Crippen LogP contribution is 2.33. The lowest BCUT2D eigenvalue weighted by Crippen LogP contribution is -2.38. The Hall–Kier alpha value is -3.03. The Bertz CT molecular complexity index is 839. The van der Waals surface area contributed by atoms with Gasteiger partial charge in [0.1, 0.15) is 5.69 Å². The Morgan fingerprint density at radius 1 is 1.19 bits per heavy atom. The highest BCUT2D eigenvalue weighted by molar-refractivity contribution is 5.90. The molecule has 0 aliphatic carbocycles. The molecule has 1 aromatic heterocycles. The van der Waals surface area contributed by atoms with Crippen LogP contribution in [0.1, 0.15) is 40.5 Å². The number of hydrogen-bond donors (Lipinski definition) is 2. The molecule has 3 heterocycles. The predicted molar refractivity (Wildman–Crippen MR) is 91.9 cm³/mol. The topological polar surface area (TPSA) is 111 Å². The molecule has 0 spiro atoms. The fourth-order valence-corrected chi connectivity index (χ4v) is 3.45. The van der Waals surface area contributed by atoms with Gasteiger partial charge in [-0.1, -0.05) is 6.07 Å². The van der Waals surface area contributed by atoms with E-state index in [0.29, 0.717) is 25.3 Å². The van der Waals surface area contributed by atoms with Crippen LogP contribution in [0.15, 0.2) is 24.3 Å². The van der Waals surface area contributed by atoms with Crippen LogP contribution in [0.25, 0.3) is 0 Å². The molecule has 1 saturated heterocycles. The normalized spacial score (nSPS) is 16.7. The van der Waals surface area contributed by atoms with Gasteiger partial charge < -0.3 is 20.1 Å². The smallest absolute Gasteiger partial charge is 0.269 e. The number of hydrogen-bond acceptors (Lipinski definition) is 5. The SMILES string of the molecule is NC(=O)c1cc(C2CCN(C(=O)Cc3ccc4c(c3)OCO4)CC2)[nH]n1. The molecule has 0 bridgehead atoms. The molecule has 1 aromatic carbocycles. The van der Waals surface area contributed by atoms with Crippen LogP contribution in [0.2, 0.25) is 0 Å². The number of nitrogens with zero attached hydrogens (tertiary/aromatic N) is 2. The quantitative estimate of drug-likeness (QED) is 0.855. The van der Waals surface area contributed by atoms with Gasteiger partial charge in [0.25, 0.3) is 5.91 Å². The molecule has 1 fully saturated rings. The number of H-pyrrole nitrogens is 1. The Kier molecular flexibility index (Phi) is 4.24. The molecule has 2 aromatic rings. The molecular weight excluding hydrogens is 336 g/mol. The van der Waals surface area contributed by atoms with Crippen molar-refractivity contribution in [1.82, 2.24) is 15.1 Å². The van der Waals surface area contributed by atoms with Crippen molar-refractivity contribution in [2.75, 3.05) is 19.9 Å². The van der Waals surface area contributed by atoms with Crippen LogP contribution >= 0.6 is 0 Å². The second kappa shape index (κ2) is 6.70. The number of aromatic amines is 1. The molecule has 4 rings (SSSR count). The van der Waals surface area contributed by atoms with E-state index >= 15 is 0 Å². The first-order chi connectivity index (χ1) is 12.6. The third-order valence-electron chi connectivity index (χ3n) is 4.93. The Morgan fingerprint density at radius 2 is 1.96 bits per heavy atom. The number of likely N-dealkylation sites (tertiary alicyclic amines) is 1. The number of piperidine rings is 1. The molecule has 2 aliphatic rings. The summed E-state index contributed by atoms with van der Waals surface area (Å²) in [7, 11) is 0. The van der Waals surface area contributed by atoms with Gasteiger partial charge >= 0.3 is 0 Å². The van der Waals surface area contributed by atoms with E-state index in [9.17, 15) is 9.59 Å². The van der Waals surface area contributed by atoms with E-state index in [4.69, 9.17) is 15.2 Å². The van der Waals surface area contributed by atoms with Crippen molar-refractivity contribution >= 4 is 11.8 Å². The molecule has 2 aliphatic heterocycles. The lowest BCUT2D eigenvalue weighted by molar-refractivity contribution is -0.131. The van der Waals surface area contributed by atoms with Crippen molar-refractivity contribution in [1.29, 1.82) is 0 Å². The average Bonchev–Trinajstić information content (AvgIpc) is 3.31. The number of amides is 2. The zero-order valence-corrected chi connectivity index (χ0v) is 14.2. The van der Waals surface area contributed by atoms with Crippen LogP contribution in [-0.4, -0.2) is 46.8 Å². The molecule has 26 heavy (non-hydrogen) atoms. The monoisotopic (exact) mass is 356 g/mol. The van der Waals surface area contributed by atoms with E-state index in [2.05, 4.69) is 10.2 Å². The van der Waals surface area contributed by atoms with Crippen molar-refractivity contribution in [3.05, 3.63) is 41.2 Å². The summed E-state index contributed by atoms with van der Waals surface area (Å²) < 4.78 is 10.6. The van der Waals surface area contributed by atoms with E-state index in [1.807, 2.05) is 23.1 Å². The third-order valence-corrected chi connectivity index (χ3v) is 4.93. The standard InChI is InChI=1S/C18H20N4O4/c19-18(24)14-9-13(20-21-14)12-3-5-22(6-4-12)17(23)8-11-1-2-15-16(7-11)26-10-25-15/h1-2,7,9,12H,3-6,8,10H2,(H2,19,24)(H,20,21). The second-order valence-electron chi connectivity index (χ2n) is 6.59. The Labute approximate surface area is 150 Å². The number of carbonyl (C=O) groups excluding carboxylic acids is 2. The van der Waals surface area contributed by atoms with Crippen LogP contribution in [0, 0.1) is 0 Å². The fraction of sp³-hybridized carbons (Fsp3) is 0.389. The number of benzene rings is 1. The molecule has 0 unspecified atom stereocenters. The molecule has 2 amide bonds. The number of carbonyl (C=O) groups is 2. The number of nitrogens with two attached hydrogens (primary N) is 1. The fourth-order valence-electron chi connectivity index (χ4n) is 3.45. The minimum absolute atomic E-state index is 0.102. The van der Waals surface area contributed by atoms with Gasteiger partial charge in [0, 0.05) is 24.7 Å². The number of nitrogens with one attached hydrogen (secondary N) is 1. The van der Waals surface area contributed by atoms with Crippen molar-refractivity contribution in [2.45, 2.75) is 25.2 Å². The van der Waals surface area contributed by atoms with Crippen LogP contribution in [0.5, 0.6) is 11.5 Å². The third kappa shape index (κ3) is 3.22. The minimum Gasteiger partial charge on any atom is -0.454 e. The first kappa shape index (κ1) is 16.4. The van der Waals surface area contributed by atoms with Crippen LogP contribution < -0.4 is 15.2 Å². The minimum atomic E-state index is -0.538. The molecule has 136 valence electrons. The van der Waals surface area contributed by atoms with Crippen LogP contribution in [0.4, 0.5) is 0 Å². The van der Waals surface area contributed by atoms with Crippen LogP contribution in [0.3, 0.4) is 0 Å². The van der Waals surface area contributed by atoms with Gasteiger partial charge in [-0.15, -0.1) is 0 Å². The van der Waals surface area contributed by atoms with Gasteiger partial charge in [0.2, 0.25) is 12.7 Å². The predicted octanol–water partition coefficient (Wildman–Crippen LogP) is 1.19. The summed E-state index contributed by atoms with van der Waals surface area (Å²) in [5.74, 6) is 1.23. The zero-order valence-electron chi connectivity index (χ0n) is 14.2. The Morgan fingerprint density at radius 3 is 2.69 bits per heavy atom. The van der Waals surface area contributed by atoms with Crippen molar-refractivity contribution in [3.8, 4) is 11.5 Å². The van der Waals surface area contributed by atoms with Crippen LogP contribution in [-0.2, 0) is 11.2 Å². The molecule has 8 heteroatoms. The number of fused-ring (bicyclic) bond motifs is 1. The average molecular weight is 356 g/mol. The molecular formula is C18H20N4O4. The van der Waals surface area contributed by atoms with E-state index in [1.165, 1.54) is 0 Å². The van der Waals surface area contributed by atoms with Gasteiger partial charge in [-0.25, -0.2) is 0 Å². The highest BCUT2D eigenvalue weighted by Gasteiger charge is 2.26. The number of primary amides is 1.